The molecule has 0 fully saturated rings. The van der Waals surface area contributed by atoms with E-state index in [2.05, 4.69) is 20.9 Å². The van der Waals surface area contributed by atoms with Gasteiger partial charge in [0, 0.05) is 7.05 Å². The van der Waals surface area contributed by atoms with Crippen molar-refractivity contribution in [3.63, 3.8) is 0 Å². The van der Waals surface area contributed by atoms with E-state index in [-0.39, 0.29) is 5.56 Å². The summed E-state index contributed by atoms with van der Waals surface area (Å²) in [4.78, 5) is 16.8. The second kappa shape index (κ2) is 2.92. The molecule has 0 N–H and O–H groups in total. The highest BCUT2D eigenvalue weighted by Crippen LogP contribution is 2.25. The lowest BCUT2D eigenvalue weighted by Crippen LogP contribution is -2.19. The second-order valence-corrected chi connectivity index (χ2v) is 5.20. The Morgan fingerprint density at radius 3 is 3.00 bits per heavy atom. The zero-order valence-electron chi connectivity index (χ0n) is 7.17. The van der Waals surface area contributed by atoms with E-state index in [4.69, 9.17) is 0 Å². The molecule has 2 rings (SSSR count). The van der Waals surface area contributed by atoms with Gasteiger partial charge in [0.2, 0.25) is 0 Å². The van der Waals surface area contributed by atoms with Crippen LogP contribution >= 0.6 is 27.3 Å². The summed E-state index contributed by atoms with van der Waals surface area (Å²) in [7, 11) is 1.73. The first kappa shape index (κ1) is 8.90. The van der Waals surface area contributed by atoms with Gasteiger partial charge in [-0.3, -0.25) is 9.36 Å². The quantitative estimate of drug-likeness (QED) is 0.725. The molecular formula is C8H7BrN2OS. The molecule has 0 bridgehead atoms. The average molecular weight is 259 g/mol. The zero-order chi connectivity index (χ0) is 9.59. The summed E-state index contributed by atoms with van der Waals surface area (Å²) < 4.78 is 2.50. The van der Waals surface area contributed by atoms with Crippen LogP contribution in [-0.4, -0.2) is 9.55 Å². The molecule has 68 valence electrons. The van der Waals surface area contributed by atoms with Gasteiger partial charge < -0.3 is 0 Å². The molecule has 0 amide bonds. The Kier molecular flexibility index (Phi) is 2.00. The van der Waals surface area contributed by atoms with E-state index < -0.39 is 0 Å². The minimum absolute atomic E-state index is 0.0180. The first-order valence-corrected chi connectivity index (χ1v) is 5.33. The van der Waals surface area contributed by atoms with E-state index in [0.717, 1.165) is 14.4 Å². The molecule has 2 aromatic rings. The van der Waals surface area contributed by atoms with Crippen LogP contribution in [0.1, 0.15) is 5.82 Å². The van der Waals surface area contributed by atoms with Crippen LogP contribution in [0.3, 0.4) is 0 Å². The van der Waals surface area contributed by atoms with Crippen molar-refractivity contribution in [1.82, 2.24) is 9.55 Å². The van der Waals surface area contributed by atoms with Crippen molar-refractivity contribution in [2.24, 2.45) is 7.05 Å². The van der Waals surface area contributed by atoms with Gasteiger partial charge in [0.15, 0.2) is 0 Å². The molecule has 0 aliphatic rings. The fraction of sp³-hybridized carbons (Fsp3) is 0.250. The van der Waals surface area contributed by atoms with Crippen molar-refractivity contribution >= 4 is 37.5 Å². The topological polar surface area (TPSA) is 34.9 Å². The molecule has 0 saturated heterocycles. The standard InChI is InChI=1S/C8H7BrN2OS/c1-4-10-7-5(3-6(9)13-7)8(12)11(4)2/h3H,1-2H3. The van der Waals surface area contributed by atoms with Gasteiger partial charge >= 0.3 is 0 Å². The number of halogens is 1. The van der Waals surface area contributed by atoms with Gasteiger partial charge in [-0.2, -0.15) is 0 Å². The van der Waals surface area contributed by atoms with E-state index in [1.807, 2.05) is 13.0 Å². The largest absolute Gasteiger partial charge is 0.299 e. The summed E-state index contributed by atoms with van der Waals surface area (Å²) in [5.41, 5.74) is 0.0180. The molecule has 0 radical (unpaired) electrons. The fourth-order valence-electron chi connectivity index (χ4n) is 1.14. The third-order valence-electron chi connectivity index (χ3n) is 1.97. The number of hydrogen-bond donors (Lipinski definition) is 0. The first-order chi connectivity index (χ1) is 6.09. The molecule has 5 heteroatoms. The van der Waals surface area contributed by atoms with Gasteiger partial charge in [-0.05, 0) is 28.9 Å². The van der Waals surface area contributed by atoms with Crippen molar-refractivity contribution in [2.45, 2.75) is 6.92 Å². The maximum absolute atomic E-state index is 11.7. The number of fused-ring (bicyclic) bond motifs is 1. The van der Waals surface area contributed by atoms with E-state index in [1.165, 1.54) is 11.3 Å². The maximum Gasteiger partial charge on any atom is 0.262 e. The molecule has 0 spiro atoms. The normalized spacial score (nSPS) is 11.0. The van der Waals surface area contributed by atoms with E-state index >= 15 is 0 Å². The lowest BCUT2D eigenvalue weighted by molar-refractivity contribution is 0.794. The first-order valence-electron chi connectivity index (χ1n) is 3.72. The van der Waals surface area contributed by atoms with E-state index in [0.29, 0.717) is 5.39 Å². The molecule has 0 aliphatic heterocycles. The minimum atomic E-state index is 0.0180. The van der Waals surface area contributed by atoms with Crippen molar-refractivity contribution in [2.75, 3.05) is 0 Å². The lowest BCUT2D eigenvalue weighted by Gasteiger charge is -2.00. The molecule has 13 heavy (non-hydrogen) atoms. The highest BCUT2D eigenvalue weighted by atomic mass is 79.9. The summed E-state index contributed by atoms with van der Waals surface area (Å²) in [6.45, 7) is 1.83. The number of nitrogens with zero attached hydrogens (tertiary/aromatic N) is 2. The summed E-state index contributed by atoms with van der Waals surface area (Å²) >= 11 is 4.82. The van der Waals surface area contributed by atoms with Crippen LogP contribution in [0.4, 0.5) is 0 Å². The van der Waals surface area contributed by atoms with Crippen molar-refractivity contribution in [3.05, 3.63) is 26.0 Å². The van der Waals surface area contributed by atoms with Gasteiger partial charge in [-0.1, -0.05) is 0 Å². The van der Waals surface area contributed by atoms with Crippen LogP contribution in [0.5, 0.6) is 0 Å². The third-order valence-corrected chi connectivity index (χ3v) is 3.50. The summed E-state index contributed by atoms with van der Waals surface area (Å²) in [5.74, 6) is 0.742. The SMILES string of the molecule is Cc1nc2sc(Br)cc2c(=O)n1C. The predicted molar refractivity (Wildman–Crippen MR) is 57.3 cm³/mol. The maximum atomic E-state index is 11.7. The van der Waals surface area contributed by atoms with Crippen molar-refractivity contribution in [1.29, 1.82) is 0 Å². The highest BCUT2D eigenvalue weighted by Gasteiger charge is 2.07. The Labute approximate surface area is 87.2 Å². The molecular weight excluding hydrogens is 252 g/mol. The summed E-state index contributed by atoms with van der Waals surface area (Å²) in [6, 6.07) is 1.81. The van der Waals surface area contributed by atoms with Crippen LogP contribution in [0.25, 0.3) is 10.2 Å². The Morgan fingerprint density at radius 2 is 2.31 bits per heavy atom. The van der Waals surface area contributed by atoms with Gasteiger partial charge in [0.25, 0.3) is 5.56 Å². The fourth-order valence-corrected chi connectivity index (χ4v) is 2.62. The number of hydrogen-bond acceptors (Lipinski definition) is 3. The smallest absolute Gasteiger partial charge is 0.262 e. The lowest BCUT2D eigenvalue weighted by atomic mass is 10.4. The highest BCUT2D eigenvalue weighted by molar-refractivity contribution is 9.11. The van der Waals surface area contributed by atoms with Gasteiger partial charge in [-0.25, -0.2) is 4.98 Å². The molecule has 0 saturated carbocycles. The van der Waals surface area contributed by atoms with Gasteiger partial charge in [0.1, 0.15) is 10.7 Å². The Bertz CT molecular complexity index is 529. The van der Waals surface area contributed by atoms with Crippen molar-refractivity contribution in [3.8, 4) is 0 Å². The molecule has 3 nitrogen and oxygen atoms in total. The van der Waals surface area contributed by atoms with E-state index in [1.54, 1.807) is 11.6 Å². The summed E-state index contributed by atoms with van der Waals surface area (Å²) in [6.07, 6.45) is 0. The van der Waals surface area contributed by atoms with E-state index in [9.17, 15) is 4.79 Å². The predicted octanol–water partition coefficient (Wildman–Crippen LogP) is 2.07. The molecule has 0 aliphatic carbocycles. The number of aryl methyl sites for hydroxylation is 1. The van der Waals surface area contributed by atoms with Crippen LogP contribution in [-0.2, 0) is 7.05 Å². The Balaban J connectivity index is 3.01. The average Bonchev–Trinajstić information content (AvgIpc) is 2.42. The molecule has 0 aromatic carbocycles. The number of aromatic nitrogens is 2. The van der Waals surface area contributed by atoms with Crippen LogP contribution in [0.2, 0.25) is 0 Å². The summed E-state index contributed by atoms with van der Waals surface area (Å²) in [5, 5.41) is 0.685. The van der Waals surface area contributed by atoms with Crippen LogP contribution in [0.15, 0.2) is 14.6 Å². The van der Waals surface area contributed by atoms with Crippen LogP contribution < -0.4 is 5.56 Å². The molecule has 2 heterocycles. The minimum Gasteiger partial charge on any atom is -0.299 e. The molecule has 2 aromatic heterocycles. The Hall–Kier alpha value is -0.680. The number of thiophene rings is 1. The third kappa shape index (κ3) is 1.32. The van der Waals surface area contributed by atoms with Gasteiger partial charge in [0.05, 0.1) is 9.17 Å². The molecule has 0 unspecified atom stereocenters. The zero-order valence-corrected chi connectivity index (χ0v) is 9.57. The van der Waals surface area contributed by atoms with Crippen molar-refractivity contribution < 1.29 is 0 Å². The monoisotopic (exact) mass is 258 g/mol. The van der Waals surface area contributed by atoms with Crippen LogP contribution in [0, 0.1) is 6.92 Å². The second-order valence-electron chi connectivity index (χ2n) is 2.79. The molecule has 0 atom stereocenters. The van der Waals surface area contributed by atoms with Gasteiger partial charge in [-0.15, -0.1) is 11.3 Å². The number of rotatable bonds is 0. The Morgan fingerprint density at radius 1 is 1.62 bits per heavy atom.